The number of benzene rings is 1. The van der Waals surface area contributed by atoms with E-state index in [9.17, 15) is 25.9 Å². The van der Waals surface area contributed by atoms with Crippen molar-refractivity contribution in [3.63, 3.8) is 0 Å². The fourth-order valence-corrected chi connectivity index (χ4v) is 2.86. The van der Waals surface area contributed by atoms with Gasteiger partial charge in [0.25, 0.3) is 0 Å². The van der Waals surface area contributed by atoms with E-state index in [1.165, 1.54) is 4.90 Å². The number of nitrogens with zero attached hydrogens (tertiary/aromatic N) is 1. The second-order valence-electron chi connectivity index (χ2n) is 4.67. The van der Waals surface area contributed by atoms with Crippen LogP contribution in [0.1, 0.15) is 12.0 Å². The molecule has 1 amide bonds. The fourth-order valence-electron chi connectivity index (χ4n) is 2.16. The predicted molar refractivity (Wildman–Crippen MR) is 65.1 cm³/mol. The maximum atomic E-state index is 13.0. The molecule has 1 aromatic carbocycles. The van der Waals surface area contributed by atoms with E-state index < -0.39 is 39.4 Å². The van der Waals surface area contributed by atoms with Gasteiger partial charge in [-0.3, -0.25) is 4.79 Å². The summed E-state index contributed by atoms with van der Waals surface area (Å²) in [5.41, 5.74) is 0.349. The third kappa shape index (κ3) is 3.50. The molecule has 1 aliphatic heterocycles. The van der Waals surface area contributed by atoms with Gasteiger partial charge in [0.1, 0.15) is 16.9 Å². The molecule has 0 aromatic heterocycles. The van der Waals surface area contributed by atoms with E-state index in [1.807, 2.05) is 0 Å². The van der Waals surface area contributed by atoms with E-state index in [0.717, 1.165) is 18.2 Å². The summed E-state index contributed by atoms with van der Waals surface area (Å²) in [7, 11) is -4.75. The number of carbonyl (C=O) groups is 1. The summed E-state index contributed by atoms with van der Waals surface area (Å²) in [5, 5.41) is -1.35. The van der Waals surface area contributed by atoms with Crippen molar-refractivity contribution in [3.05, 3.63) is 35.4 Å². The third-order valence-electron chi connectivity index (χ3n) is 3.17. The van der Waals surface area contributed by atoms with E-state index in [1.54, 1.807) is 0 Å². The normalized spacial score (nSPS) is 19.6. The summed E-state index contributed by atoms with van der Waals surface area (Å²) in [6.45, 7) is -0.136. The van der Waals surface area contributed by atoms with Crippen molar-refractivity contribution >= 4 is 16.1 Å². The monoisotopic (exact) mass is 307 g/mol. The Hall–Kier alpha value is -1.57. The van der Waals surface area contributed by atoms with Crippen LogP contribution in [0.4, 0.5) is 12.7 Å². The van der Waals surface area contributed by atoms with Crippen LogP contribution >= 0.6 is 0 Å². The summed E-state index contributed by atoms with van der Waals surface area (Å²) in [6.07, 6.45) is -0.226. The minimum atomic E-state index is -4.75. The van der Waals surface area contributed by atoms with E-state index >= 15 is 0 Å². The van der Waals surface area contributed by atoms with Crippen molar-refractivity contribution in [1.82, 2.24) is 4.90 Å². The minimum absolute atomic E-state index is 0.0910. The zero-order valence-corrected chi connectivity index (χ0v) is 11.2. The molecule has 0 saturated carbocycles. The molecule has 1 heterocycles. The molecule has 8 heteroatoms. The first-order valence-electron chi connectivity index (χ1n) is 5.92. The van der Waals surface area contributed by atoms with Crippen LogP contribution in [0.2, 0.25) is 0 Å². The molecular formula is C12H12F3NO3S. The van der Waals surface area contributed by atoms with Gasteiger partial charge in [-0.1, -0.05) is 0 Å². The Bertz CT molecular complexity index is 613. The van der Waals surface area contributed by atoms with Gasteiger partial charge in [-0.05, 0) is 24.1 Å². The number of hydrogen-bond donors (Lipinski definition) is 0. The number of halogens is 3. The molecule has 1 fully saturated rings. The Morgan fingerprint density at radius 2 is 1.80 bits per heavy atom. The lowest BCUT2D eigenvalue weighted by atomic mass is 10.1. The average Bonchev–Trinajstić information content (AvgIpc) is 2.66. The van der Waals surface area contributed by atoms with Crippen molar-refractivity contribution < 1.29 is 25.9 Å². The maximum Gasteiger partial charge on any atom is 0.307 e. The van der Waals surface area contributed by atoms with Crippen LogP contribution in [0.25, 0.3) is 0 Å². The topological polar surface area (TPSA) is 54.5 Å². The number of hydrogen-bond acceptors (Lipinski definition) is 3. The summed E-state index contributed by atoms with van der Waals surface area (Å²) in [4.78, 5) is 12.7. The SMILES string of the molecule is O=C1CC(S(=O)(=O)F)CN1CCc1cc(F)cc(F)c1. The van der Waals surface area contributed by atoms with Crippen LogP contribution < -0.4 is 0 Å². The van der Waals surface area contributed by atoms with E-state index in [0.29, 0.717) is 5.56 Å². The first-order valence-corrected chi connectivity index (χ1v) is 7.36. The van der Waals surface area contributed by atoms with Gasteiger partial charge in [-0.2, -0.15) is 8.42 Å². The van der Waals surface area contributed by atoms with Crippen molar-refractivity contribution in [2.24, 2.45) is 0 Å². The molecule has 1 saturated heterocycles. The number of likely N-dealkylation sites (tertiary alicyclic amines) is 1. The molecule has 4 nitrogen and oxygen atoms in total. The van der Waals surface area contributed by atoms with Gasteiger partial charge in [-0.25, -0.2) is 8.78 Å². The molecule has 2 rings (SSSR count). The molecule has 0 bridgehead atoms. The molecule has 0 radical (unpaired) electrons. The molecular weight excluding hydrogens is 295 g/mol. The van der Waals surface area contributed by atoms with Gasteiger partial charge in [0.15, 0.2) is 0 Å². The van der Waals surface area contributed by atoms with Gasteiger partial charge >= 0.3 is 10.2 Å². The quantitative estimate of drug-likeness (QED) is 0.790. The van der Waals surface area contributed by atoms with Gasteiger partial charge in [0.2, 0.25) is 5.91 Å². The van der Waals surface area contributed by atoms with Crippen molar-refractivity contribution in [2.45, 2.75) is 18.1 Å². The Morgan fingerprint density at radius 3 is 2.30 bits per heavy atom. The van der Waals surface area contributed by atoms with E-state index in [4.69, 9.17) is 0 Å². The lowest BCUT2D eigenvalue weighted by molar-refractivity contribution is -0.127. The van der Waals surface area contributed by atoms with Crippen molar-refractivity contribution in [2.75, 3.05) is 13.1 Å². The first kappa shape index (κ1) is 14.8. The van der Waals surface area contributed by atoms with E-state index in [-0.39, 0.29) is 19.5 Å². The molecule has 1 atom stereocenters. The lowest BCUT2D eigenvalue weighted by Gasteiger charge is -2.15. The number of rotatable bonds is 4. The Labute approximate surface area is 114 Å². The first-order chi connectivity index (χ1) is 9.25. The van der Waals surface area contributed by atoms with Crippen LogP contribution in [-0.4, -0.2) is 37.6 Å². The van der Waals surface area contributed by atoms with Crippen LogP contribution in [0.15, 0.2) is 18.2 Å². The number of amides is 1. The second kappa shape index (κ2) is 5.43. The zero-order chi connectivity index (χ0) is 14.9. The van der Waals surface area contributed by atoms with Crippen molar-refractivity contribution in [1.29, 1.82) is 0 Å². The average molecular weight is 307 g/mol. The Kier molecular flexibility index (Phi) is 4.03. The second-order valence-corrected chi connectivity index (χ2v) is 6.29. The van der Waals surface area contributed by atoms with Gasteiger partial charge in [0, 0.05) is 25.6 Å². The van der Waals surface area contributed by atoms with E-state index in [2.05, 4.69) is 0 Å². The third-order valence-corrected chi connectivity index (χ3v) is 4.28. The molecule has 0 N–H and O–H groups in total. The molecule has 1 unspecified atom stereocenters. The van der Waals surface area contributed by atoms with Crippen LogP contribution in [0, 0.1) is 11.6 Å². The Balaban J connectivity index is 1.99. The highest BCUT2D eigenvalue weighted by atomic mass is 32.3. The maximum absolute atomic E-state index is 13.0. The molecule has 0 spiro atoms. The molecule has 20 heavy (non-hydrogen) atoms. The minimum Gasteiger partial charge on any atom is -0.341 e. The summed E-state index contributed by atoms with van der Waals surface area (Å²) >= 11 is 0. The standard InChI is InChI=1S/C12H12F3NO3S/c13-9-3-8(4-10(14)5-9)1-2-16-7-11(6-12(16)17)20(15,18)19/h3-5,11H,1-2,6-7H2. The fraction of sp³-hybridized carbons (Fsp3) is 0.417. The van der Waals surface area contributed by atoms with Crippen molar-refractivity contribution in [3.8, 4) is 0 Å². The largest absolute Gasteiger partial charge is 0.341 e. The lowest BCUT2D eigenvalue weighted by Crippen LogP contribution is -2.29. The highest BCUT2D eigenvalue weighted by molar-refractivity contribution is 7.87. The van der Waals surface area contributed by atoms with Crippen LogP contribution in [-0.2, 0) is 21.4 Å². The summed E-state index contributed by atoms with van der Waals surface area (Å²) < 4.78 is 60.2. The Morgan fingerprint density at radius 1 is 1.20 bits per heavy atom. The van der Waals surface area contributed by atoms with Gasteiger partial charge in [0.05, 0.1) is 0 Å². The van der Waals surface area contributed by atoms with Crippen LogP contribution in [0.3, 0.4) is 0 Å². The highest BCUT2D eigenvalue weighted by Gasteiger charge is 2.37. The zero-order valence-electron chi connectivity index (χ0n) is 10.4. The smallest absolute Gasteiger partial charge is 0.307 e. The molecule has 110 valence electrons. The van der Waals surface area contributed by atoms with Gasteiger partial charge < -0.3 is 4.90 Å². The van der Waals surface area contributed by atoms with Crippen LogP contribution in [0.5, 0.6) is 0 Å². The summed E-state index contributed by atoms with van der Waals surface area (Å²) in [6, 6.07) is 3.00. The highest BCUT2D eigenvalue weighted by Crippen LogP contribution is 2.20. The molecule has 0 aliphatic carbocycles. The molecule has 1 aromatic rings. The predicted octanol–water partition coefficient (Wildman–Crippen LogP) is 1.41. The molecule has 1 aliphatic rings. The van der Waals surface area contributed by atoms with Gasteiger partial charge in [-0.15, -0.1) is 3.89 Å². The summed E-state index contributed by atoms with van der Waals surface area (Å²) in [5.74, 6) is -1.93. The number of carbonyl (C=O) groups excluding carboxylic acids is 1.